The Morgan fingerprint density at radius 2 is 1.00 bits per heavy atom. The Bertz CT molecular complexity index is 1140. The van der Waals surface area contributed by atoms with E-state index in [0.29, 0.717) is 22.5 Å². The molecule has 172 valence electrons. The van der Waals surface area contributed by atoms with E-state index >= 15 is 0 Å². The fourth-order valence-corrected chi connectivity index (χ4v) is 4.01. The first-order valence-electron chi connectivity index (χ1n) is 11.0. The predicted octanol–water partition coefficient (Wildman–Crippen LogP) is 4.21. The van der Waals surface area contributed by atoms with Gasteiger partial charge in [-0.1, -0.05) is 66.7 Å². The van der Waals surface area contributed by atoms with Crippen molar-refractivity contribution < 1.29 is 9.59 Å². The van der Waals surface area contributed by atoms with E-state index in [2.05, 4.69) is 27.0 Å². The zero-order valence-corrected chi connectivity index (χ0v) is 19.1. The molecule has 0 saturated heterocycles. The van der Waals surface area contributed by atoms with Gasteiger partial charge in [0.2, 0.25) is 0 Å². The molecule has 1 aliphatic rings. The average molecular weight is 454 g/mol. The molecule has 2 amide bonds. The third-order valence-electron chi connectivity index (χ3n) is 5.57. The lowest BCUT2D eigenvalue weighted by molar-refractivity contribution is -0.117. The Morgan fingerprint density at radius 1 is 0.618 bits per heavy atom. The smallest absolute Gasteiger partial charge is 0.268 e. The topological polar surface area (TPSA) is 94.3 Å². The third kappa shape index (κ3) is 5.10. The van der Waals surface area contributed by atoms with Crippen molar-refractivity contribution in [3.8, 4) is 0 Å². The number of para-hydroxylation sites is 2. The van der Waals surface area contributed by atoms with Crippen LogP contribution >= 0.6 is 0 Å². The fourth-order valence-electron chi connectivity index (χ4n) is 4.01. The maximum Gasteiger partial charge on any atom is 0.268 e. The standard InChI is InChI=1S/C27H27N5O2/c1-18-23(26(33)31-29-21-14-8-4-9-15-21)25(20-12-6-3-7-13-20)24(19(2)28-18)27(34)32-30-22-16-10-5-11-17-22/h3-17,25,28-30H,1-2H3,(H,31,33)(H,32,34). The Balaban J connectivity index is 1.63. The summed E-state index contributed by atoms with van der Waals surface area (Å²) < 4.78 is 0. The number of hydrogen-bond donors (Lipinski definition) is 5. The second-order valence-electron chi connectivity index (χ2n) is 7.94. The molecule has 3 aromatic rings. The predicted molar refractivity (Wildman–Crippen MR) is 134 cm³/mol. The minimum absolute atomic E-state index is 0.323. The van der Waals surface area contributed by atoms with Crippen LogP contribution in [0.15, 0.2) is 114 Å². The van der Waals surface area contributed by atoms with Crippen LogP contribution in [0.1, 0.15) is 25.3 Å². The molecule has 0 aliphatic carbocycles. The summed E-state index contributed by atoms with van der Waals surface area (Å²) in [7, 11) is 0. The Kier molecular flexibility index (Phi) is 6.93. The number of carbonyl (C=O) groups is 2. The molecule has 7 heteroatoms. The lowest BCUT2D eigenvalue weighted by Gasteiger charge is -2.31. The second kappa shape index (κ2) is 10.4. The van der Waals surface area contributed by atoms with Crippen LogP contribution in [-0.4, -0.2) is 11.8 Å². The summed E-state index contributed by atoms with van der Waals surface area (Å²) in [6.07, 6.45) is 0. The molecule has 5 N–H and O–H groups in total. The van der Waals surface area contributed by atoms with Crippen LogP contribution in [0.25, 0.3) is 0 Å². The van der Waals surface area contributed by atoms with Gasteiger partial charge in [0.05, 0.1) is 11.4 Å². The van der Waals surface area contributed by atoms with Gasteiger partial charge in [-0.15, -0.1) is 0 Å². The van der Waals surface area contributed by atoms with E-state index in [-0.39, 0.29) is 11.8 Å². The van der Waals surface area contributed by atoms with E-state index in [9.17, 15) is 9.59 Å². The van der Waals surface area contributed by atoms with Crippen molar-refractivity contribution in [1.29, 1.82) is 0 Å². The first-order valence-corrected chi connectivity index (χ1v) is 11.0. The first kappa shape index (κ1) is 22.7. The molecular formula is C27H27N5O2. The van der Waals surface area contributed by atoms with Gasteiger partial charge in [0, 0.05) is 28.5 Å². The molecule has 0 aromatic heterocycles. The molecule has 7 nitrogen and oxygen atoms in total. The van der Waals surface area contributed by atoms with Crippen LogP contribution in [0.3, 0.4) is 0 Å². The number of carbonyl (C=O) groups excluding carboxylic acids is 2. The summed E-state index contributed by atoms with van der Waals surface area (Å²) in [6.45, 7) is 3.68. The van der Waals surface area contributed by atoms with Crippen molar-refractivity contribution in [3.63, 3.8) is 0 Å². The Hall–Kier alpha value is -4.52. The summed E-state index contributed by atoms with van der Waals surface area (Å²) in [5.74, 6) is -1.20. The van der Waals surface area contributed by atoms with Crippen molar-refractivity contribution in [1.82, 2.24) is 16.2 Å². The second-order valence-corrected chi connectivity index (χ2v) is 7.94. The summed E-state index contributed by atoms with van der Waals surface area (Å²) >= 11 is 0. The van der Waals surface area contributed by atoms with Crippen molar-refractivity contribution >= 4 is 23.2 Å². The van der Waals surface area contributed by atoms with Gasteiger partial charge in [-0.2, -0.15) is 0 Å². The van der Waals surface area contributed by atoms with E-state index in [1.807, 2.05) is 105 Å². The minimum atomic E-state index is -0.558. The molecule has 0 atom stereocenters. The van der Waals surface area contributed by atoms with E-state index in [1.165, 1.54) is 0 Å². The summed E-state index contributed by atoms with van der Waals surface area (Å²) in [5, 5.41) is 3.22. The van der Waals surface area contributed by atoms with Crippen LogP contribution in [0, 0.1) is 0 Å². The first-order chi connectivity index (χ1) is 16.5. The highest BCUT2D eigenvalue weighted by atomic mass is 16.2. The van der Waals surface area contributed by atoms with Gasteiger partial charge >= 0.3 is 0 Å². The van der Waals surface area contributed by atoms with Gasteiger partial charge in [0.15, 0.2) is 0 Å². The monoisotopic (exact) mass is 453 g/mol. The lowest BCUT2D eigenvalue weighted by atomic mass is 9.80. The highest BCUT2D eigenvalue weighted by Crippen LogP contribution is 2.38. The number of benzene rings is 3. The maximum atomic E-state index is 13.4. The normalized spacial score (nSPS) is 13.7. The Morgan fingerprint density at radius 3 is 1.41 bits per heavy atom. The minimum Gasteiger partial charge on any atom is -0.362 e. The summed E-state index contributed by atoms with van der Waals surface area (Å²) in [5.41, 5.74) is 16.1. The van der Waals surface area contributed by atoms with Crippen LogP contribution in [0.5, 0.6) is 0 Å². The molecular weight excluding hydrogens is 426 g/mol. The maximum absolute atomic E-state index is 13.4. The molecule has 0 fully saturated rings. The lowest BCUT2D eigenvalue weighted by Crippen LogP contribution is -2.41. The molecule has 1 aliphatic heterocycles. The molecule has 0 radical (unpaired) electrons. The number of dihydropyridines is 1. The molecule has 0 bridgehead atoms. The highest BCUT2D eigenvalue weighted by molar-refractivity contribution is 6.04. The van der Waals surface area contributed by atoms with Crippen LogP contribution in [0.4, 0.5) is 11.4 Å². The number of amides is 2. The molecule has 34 heavy (non-hydrogen) atoms. The van der Waals surface area contributed by atoms with Crippen molar-refractivity contribution in [2.24, 2.45) is 0 Å². The number of hydrazine groups is 2. The van der Waals surface area contributed by atoms with Crippen LogP contribution in [-0.2, 0) is 9.59 Å². The summed E-state index contributed by atoms with van der Waals surface area (Å²) in [6, 6.07) is 28.3. The molecule has 0 spiro atoms. The third-order valence-corrected chi connectivity index (χ3v) is 5.57. The molecule has 3 aromatic carbocycles. The molecule has 4 rings (SSSR count). The quantitative estimate of drug-likeness (QED) is 0.346. The molecule has 1 heterocycles. The highest BCUT2D eigenvalue weighted by Gasteiger charge is 2.36. The van der Waals surface area contributed by atoms with Crippen LogP contribution in [0.2, 0.25) is 0 Å². The number of anilines is 2. The van der Waals surface area contributed by atoms with E-state index in [4.69, 9.17) is 0 Å². The van der Waals surface area contributed by atoms with Crippen LogP contribution < -0.4 is 27.0 Å². The van der Waals surface area contributed by atoms with Gasteiger partial charge in [-0.25, -0.2) is 0 Å². The summed E-state index contributed by atoms with van der Waals surface area (Å²) in [4.78, 5) is 26.8. The molecule has 0 saturated carbocycles. The largest absolute Gasteiger partial charge is 0.362 e. The Labute approximate surface area is 198 Å². The number of rotatable bonds is 7. The van der Waals surface area contributed by atoms with E-state index in [1.54, 1.807) is 0 Å². The van der Waals surface area contributed by atoms with Gasteiger partial charge in [0.1, 0.15) is 0 Å². The average Bonchev–Trinajstić information content (AvgIpc) is 2.87. The van der Waals surface area contributed by atoms with Crippen molar-refractivity contribution in [2.75, 3.05) is 10.9 Å². The SMILES string of the molecule is CC1=C(C(=O)NNc2ccccc2)C(c2ccccc2)C(C(=O)NNc2ccccc2)=C(C)N1. The van der Waals surface area contributed by atoms with Gasteiger partial charge in [-0.05, 0) is 43.7 Å². The van der Waals surface area contributed by atoms with E-state index in [0.717, 1.165) is 16.9 Å². The number of allylic oxidation sites excluding steroid dienone is 2. The number of hydrogen-bond acceptors (Lipinski definition) is 5. The van der Waals surface area contributed by atoms with Gasteiger partial charge in [-0.3, -0.25) is 31.3 Å². The number of nitrogens with one attached hydrogen (secondary N) is 5. The van der Waals surface area contributed by atoms with Gasteiger partial charge < -0.3 is 5.32 Å². The molecule has 0 unspecified atom stereocenters. The zero-order chi connectivity index (χ0) is 23.9. The fraction of sp³-hybridized carbons (Fsp3) is 0.111. The van der Waals surface area contributed by atoms with E-state index < -0.39 is 5.92 Å². The van der Waals surface area contributed by atoms with Gasteiger partial charge in [0.25, 0.3) is 11.8 Å². The van der Waals surface area contributed by atoms with Crippen molar-refractivity contribution in [2.45, 2.75) is 19.8 Å². The van der Waals surface area contributed by atoms with Crippen molar-refractivity contribution in [3.05, 3.63) is 119 Å². The zero-order valence-electron chi connectivity index (χ0n) is 19.1.